The predicted octanol–water partition coefficient (Wildman–Crippen LogP) is 6.50. The molecule has 38 heavy (non-hydrogen) atoms. The third-order valence-corrected chi connectivity index (χ3v) is 6.50. The van der Waals surface area contributed by atoms with Gasteiger partial charge in [0.25, 0.3) is 0 Å². The molecular weight excluding hydrogens is 481 g/mol. The van der Waals surface area contributed by atoms with Crippen LogP contribution < -0.4 is 5.32 Å². The van der Waals surface area contributed by atoms with Crippen molar-refractivity contribution in [1.82, 2.24) is 30.1 Å². The number of nitrogens with one attached hydrogen (secondary N) is 3. The van der Waals surface area contributed by atoms with Gasteiger partial charge in [-0.25, -0.2) is 9.37 Å². The first-order valence-corrected chi connectivity index (χ1v) is 12.4. The molecule has 1 amide bonds. The molecule has 0 unspecified atom stereocenters. The summed E-state index contributed by atoms with van der Waals surface area (Å²) in [5, 5.41) is 12.0. The SMILES string of the molecule is CCCCC(=O)Nc1cncc(-c2cnc3n[nH]c(-c4cc5c(-c6ccccc6F)cncc5[nH]4)c3c2)c1. The molecule has 0 bridgehead atoms. The van der Waals surface area contributed by atoms with Crippen LogP contribution in [0.4, 0.5) is 10.1 Å². The average Bonchev–Trinajstić information content (AvgIpc) is 3.56. The van der Waals surface area contributed by atoms with Gasteiger partial charge >= 0.3 is 0 Å². The molecule has 0 spiro atoms. The van der Waals surface area contributed by atoms with E-state index in [0.29, 0.717) is 28.9 Å². The van der Waals surface area contributed by atoms with Crippen LogP contribution in [-0.2, 0) is 4.79 Å². The van der Waals surface area contributed by atoms with Crippen LogP contribution in [0, 0.1) is 5.82 Å². The number of aromatic nitrogens is 6. The summed E-state index contributed by atoms with van der Waals surface area (Å²) >= 11 is 0. The summed E-state index contributed by atoms with van der Waals surface area (Å²) in [6, 6.07) is 12.5. The number of carbonyl (C=O) groups excluding carboxylic acids is 1. The lowest BCUT2D eigenvalue weighted by Gasteiger charge is -2.07. The van der Waals surface area contributed by atoms with Gasteiger partial charge in [0.1, 0.15) is 5.82 Å². The molecule has 0 saturated heterocycles. The van der Waals surface area contributed by atoms with Crippen LogP contribution in [0.5, 0.6) is 0 Å². The van der Waals surface area contributed by atoms with Crippen molar-refractivity contribution in [2.75, 3.05) is 5.32 Å². The zero-order valence-electron chi connectivity index (χ0n) is 20.6. The predicted molar refractivity (Wildman–Crippen MR) is 146 cm³/mol. The maximum absolute atomic E-state index is 14.6. The fourth-order valence-electron chi connectivity index (χ4n) is 4.57. The quantitative estimate of drug-likeness (QED) is 0.229. The molecule has 0 atom stereocenters. The Morgan fingerprint density at radius 1 is 0.947 bits per heavy atom. The lowest BCUT2D eigenvalue weighted by Crippen LogP contribution is -2.11. The molecule has 5 aromatic heterocycles. The lowest BCUT2D eigenvalue weighted by atomic mass is 10.0. The van der Waals surface area contributed by atoms with Gasteiger partial charge in [-0.3, -0.25) is 19.9 Å². The number of fused-ring (bicyclic) bond motifs is 2. The number of halogens is 1. The highest BCUT2D eigenvalue weighted by atomic mass is 19.1. The summed E-state index contributed by atoms with van der Waals surface area (Å²) in [6.07, 6.45) is 10.8. The summed E-state index contributed by atoms with van der Waals surface area (Å²) in [4.78, 5) is 28.7. The number of amides is 1. The van der Waals surface area contributed by atoms with Gasteiger partial charge in [-0.15, -0.1) is 0 Å². The molecule has 0 aliphatic rings. The summed E-state index contributed by atoms with van der Waals surface area (Å²) < 4.78 is 14.6. The molecule has 0 aliphatic carbocycles. The first-order chi connectivity index (χ1) is 18.6. The van der Waals surface area contributed by atoms with E-state index in [1.54, 1.807) is 49.2 Å². The Morgan fingerprint density at radius 2 is 1.79 bits per heavy atom. The average molecular weight is 506 g/mol. The molecule has 6 aromatic rings. The number of hydrogen-bond donors (Lipinski definition) is 3. The number of rotatable bonds is 7. The third-order valence-electron chi connectivity index (χ3n) is 6.50. The van der Waals surface area contributed by atoms with E-state index in [2.05, 4.69) is 42.4 Å². The van der Waals surface area contributed by atoms with Gasteiger partial charge in [0.2, 0.25) is 5.91 Å². The van der Waals surface area contributed by atoms with Crippen LogP contribution in [0.2, 0.25) is 0 Å². The van der Waals surface area contributed by atoms with Crippen molar-refractivity contribution < 1.29 is 9.18 Å². The van der Waals surface area contributed by atoms with Gasteiger partial charge in [0.15, 0.2) is 5.65 Å². The van der Waals surface area contributed by atoms with E-state index in [9.17, 15) is 9.18 Å². The van der Waals surface area contributed by atoms with Crippen molar-refractivity contribution in [3.05, 3.63) is 79.3 Å². The van der Waals surface area contributed by atoms with Crippen molar-refractivity contribution in [3.8, 4) is 33.6 Å². The molecule has 1 aromatic carbocycles. The Hall–Kier alpha value is -4.92. The van der Waals surface area contributed by atoms with Gasteiger partial charge in [0.05, 0.1) is 35.0 Å². The molecule has 0 saturated carbocycles. The number of anilines is 1. The molecule has 5 heterocycles. The number of benzene rings is 1. The number of carbonyl (C=O) groups is 1. The summed E-state index contributed by atoms with van der Waals surface area (Å²) in [5.41, 5.74) is 6.36. The molecule has 3 N–H and O–H groups in total. The van der Waals surface area contributed by atoms with Gasteiger partial charge in [-0.2, -0.15) is 5.10 Å². The number of aromatic amines is 2. The van der Waals surface area contributed by atoms with Gasteiger partial charge in [-0.05, 0) is 30.7 Å². The number of H-pyrrole nitrogens is 2. The first kappa shape index (κ1) is 23.5. The van der Waals surface area contributed by atoms with Crippen LogP contribution in [0.1, 0.15) is 26.2 Å². The smallest absolute Gasteiger partial charge is 0.224 e. The number of pyridine rings is 3. The molecule has 0 aliphatic heterocycles. The van der Waals surface area contributed by atoms with E-state index < -0.39 is 0 Å². The van der Waals surface area contributed by atoms with E-state index in [1.165, 1.54) is 6.07 Å². The van der Waals surface area contributed by atoms with Crippen molar-refractivity contribution in [2.45, 2.75) is 26.2 Å². The van der Waals surface area contributed by atoms with E-state index >= 15 is 0 Å². The van der Waals surface area contributed by atoms with Gasteiger partial charge in [-0.1, -0.05) is 31.5 Å². The fourth-order valence-corrected chi connectivity index (χ4v) is 4.57. The van der Waals surface area contributed by atoms with Crippen molar-refractivity contribution >= 4 is 33.5 Å². The Bertz CT molecular complexity index is 1790. The second kappa shape index (κ2) is 9.85. The fraction of sp³-hybridized carbons (Fsp3) is 0.138. The minimum absolute atomic E-state index is 0.0282. The second-order valence-corrected chi connectivity index (χ2v) is 9.12. The van der Waals surface area contributed by atoms with E-state index in [1.807, 2.05) is 18.2 Å². The molecule has 6 rings (SSSR count). The van der Waals surface area contributed by atoms with Crippen LogP contribution >= 0.6 is 0 Å². The minimum Gasteiger partial charge on any atom is -0.352 e. The Labute approximate surface area is 217 Å². The summed E-state index contributed by atoms with van der Waals surface area (Å²) in [5.74, 6) is -0.331. The zero-order valence-corrected chi connectivity index (χ0v) is 20.6. The Balaban J connectivity index is 1.38. The molecule has 188 valence electrons. The number of nitrogens with zero attached hydrogens (tertiary/aromatic N) is 4. The second-order valence-electron chi connectivity index (χ2n) is 9.12. The monoisotopic (exact) mass is 505 g/mol. The highest BCUT2D eigenvalue weighted by Crippen LogP contribution is 2.35. The highest BCUT2D eigenvalue weighted by Gasteiger charge is 2.16. The molecule has 8 nitrogen and oxygen atoms in total. The van der Waals surface area contributed by atoms with E-state index in [-0.39, 0.29) is 11.7 Å². The van der Waals surface area contributed by atoms with E-state index in [0.717, 1.165) is 51.6 Å². The maximum Gasteiger partial charge on any atom is 0.224 e. The summed E-state index contributed by atoms with van der Waals surface area (Å²) in [7, 11) is 0. The zero-order chi connectivity index (χ0) is 26.1. The van der Waals surface area contributed by atoms with Crippen LogP contribution in [0.15, 0.2) is 73.4 Å². The lowest BCUT2D eigenvalue weighted by molar-refractivity contribution is -0.116. The largest absolute Gasteiger partial charge is 0.352 e. The van der Waals surface area contributed by atoms with Crippen molar-refractivity contribution in [3.63, 3.8) is 0 Å². The molecule has 0 fully saturated rings. The van der Waals surface area contributed by atoms with Crippen LogP contribution in [-0.4, -0.2) is 36.0 Å². The highest BCUT2D eigenvalue weighted by molar-refractivity contribution is 6.00. The topological polar surface area (TPSA) is 112 Å². The van der Waals surface area contributed by atoms with Crippen LogP contribution in [0.3, 0.4) is 0 Å². The van der Waals surface area contributed by atoms with Gasteiger partial charge < -0.3 is 10.3 Å². The standard InChI is InChI=1S/C29H24FN7O/c1-2-3-8-27(38)34-19-9-17(12-31-14-19)18-10-22-28(36-37-29(22)33-13-18)25-11-21-23(15-32-16-26(21)35-25)20-6-4-5-7-24(20)30/h4-7,9-16,35H,2-3,8H2,1H3,(H,34,38)(H,33,36,37). The van der Waals surface area contributed by atoms with Crippen molar-refractivity contribution in [1.29, 1.82) is 0 Å². The maximum atomic E-state index is 14.6. The Morgan fingerprint density at radius 3 is 2.66 bits per heavy atom. The van der Waals surface area contributed by atoms with E-state index in [4.69, 9.17) is 0 Å². The Kier molecular flexibility index (Phi) is 6.09. The first-order valence-electron chi connectivity index (χ1n) is 12.4. The molecule has 9 heteroatoms. The summed E-state index contributed by atoms with van der Waals surface area (Å²) in [6.45, 7) is 2.05. The van der Waals surface area contributed by atoms with Crippen LogP contribution in [0.25, 0.3) is 55.6 Å². The number of hydrogen-bond acceptors (Lipinski definition) is 5. The molecular formula is C29H24FN7O. The van der Waals surface area contributed by atoms with Gasteiger partial charge in [0, 0.05) is 58.0 Å². The molecule has 0 radical (unpaired) electrons. The number of unbranched alkanes of at least 4 members (excludes halogenated alkanes) is 1. The van der Waals surface area contributed by atoms with Crippen molar-refractivity contribution in [2.24, 2.45) is 0 Å². The third kappa shape index (κ3) is 4.39. The normalized spacial score (nSPS) is 11.3. The minimum atomic E-state index is -0.303.